The summed E-state index contributed by atoms with van der Waals surface area (Å²) in [5.74, 6) is 0.955. The van der Waals surface area contributed by atoms with Crippen LogP contribution in [0.2, 0.25) is 0 Å². The Balaban J connectivity index is 2.11. The second-order valence-corrected chi connectivity index (χ2v) is 3.73. The van der Waals surface area contributed by atoms with Gasteiger partial charge in [0.1, 0.15) is 0 Å². The Morgan fingerprint density at radius 3 is 2.80 bits per heavy atom. The van der Waals surface area contributed by atoms with Crippen LogP contribution in [0.1, 0.15) is 33.1 Å². The van der Waals surface area contributed by atoms with Gasteiger partial charge in [0.25, 0.3) is 0 Å². The lowest BCUT2D eigenvalue weighted by Gasteiger charge is -2.09. The van der Waals surface area contributed by atoms with Crippen LogP contribution in [0.25, 0.3) is 0 Å². The van der Waals surface area contributed by atoms with Gasteiger partial charge in [0.15, 0.2) is 5.96 Å². The summed E-state index contributed by atoms with van der Waals surface area (Å²) < 4.78 is 5.26. The number of ether oxygens (including phenoxy) is 1. The van der Waals surface area contributed by atoms with Gasteiger partial charge in [-0.2, -0.15) is 0 Å². The Morgan fingerprint density at radius 1 is 1.40 bits per heavy atom. The molecule has 1 rings (SSSR count). The maximum absolute atomic E-state index is 5.26. The molecule has 4 nitrogen and oxygen atoms in total. The zero-order valence-corrected chi connectivity index (χ0v) is 9.88. The fraction of sp³-hybridized carbons (Fsp3) is 0.909. The van der Waals surface area contributed by atoms with Crippen molar-refractivity contribution >= 4 is 5.96 Å². The van der Waals surface area contributed by atoms with Crippen molar-refractivity contribution < 1.29 is 4.74 Å². The van der Waals surface area contributed by atoms with Gasteiger partial charge in [0.2, 0.25) is 0 Å². The molecule has 1 fully saturated rings. The SMILES string of the molecule is CCNC(=NCCCOCC)NC1CC1. The Bertz CT molecular complexity index is 190. The maximum atomic E-state index is 5.26. The summed E-state index contributed by atoms with van der Waals surface area (Å²) in [6.07, 6.45) is 3.56. The number of aliphatic imine (C=N–C) groups is 1. The molecule has 15 heavy (non-hydrogen) atoms. The molecule has 0 saturated heterocycles. The minimum atomic E-state index is 0.662. The van der Waals surface area contributed by atoms with E-state index >= 15 is 0 Å². The third-order valence-corrected chi connectivity index (χ3v) is 2.18. The van der Waals surface area contributed by atoms with E-state index in [-0.39, 0.29) is 0 Å². The van der Waals surface area contributed by atoms with Crippen molar-refractivity contribution in [2.24, 2.45) is 4.99 Å². The summed E-state index contributed by atoms with van der Waals surface area (Å²) in [7, 11) is 0. The summed E-state index contributed by atoms with van der Waals surface area (Å²) in [5.41, 5.74) is 0. The summed E-state index contributed by atoms with van der Waals surface area (Å²) in [6.45, 7) is 7.46. The molecule has 0 atom stereocenters. The topological polar surface area (TPSA) is 45.7 Å². The third kappa shape index (κ3) is 6.33. The summed E-state index contributed by atoms with van der Waals surface area (Å²) in [4.78, 5) is 4.48. The minimum Gasteiger partial charge on any atom is -0.382 e. The minimum absolute atomic E-state index is 0.662. The highest BCUT2D eigenvalue weighted by Gasteiger charge is 2.21. The van der Waals surface area contributed by atoms with E-state index in [1.165, 1.54) is 12.8 Å². The van der Waals surface area contributed by atoms with E-state index in [4.69, 9.17) is 4.74 Å². The quantitative estimate of drug-likeness (QED) is 0.378. The molecule has 0 aromatic heterocycles. The number of rotatable bonds is 7. The third-order valence-electron chi connectivity index (χ3n) is 2.18. The number of hydrogen-bond acceptors (Lipinski definition) is 2. The van der Waals surface area contributed by atoms with Crippen molar-refractivity contribution in [3.8, 4) is 0 Å². The molecular weight excluding hydrogens is 190 g/mol. The number of nitrogens with one attached hydrogen (secondary N) is 2. The second kappa shape index (κ2) is 7.51. The van der Waals surface area contributed by atoms with Crippen molar-refractivity contribution in [1.82, 2.24) is 10.6 Å². The normalized spacial score (nSPS) is 16.5. The van der Waals surface area contributed by atoms with E-state index in [2.05, 4.69) is 22.5 Å². The van der Waals surface area contributed by atoms with Gasteiger partial charge in [0, 0.05) is 32.3 Å². The van der Waals surface area contributed by atoms with Gasteiger partial charge in [-0.15, -0.1) is 0 Å². The zero-order chi connectivity index (χ0) is 10.9. The smallest absolute Gasteiger partial charge is 0.191 e. The highest BCUT2D eigenvalue weighted by atomic mass is 16.5. The number of hydrogen-bond donors (Lipinski definition) is 2. The first-order chi connectivity index (χ1) is 7.36. The van der Waals surface area contributed by atoms with Crippen LogP contribution in [0.3, 0.4) is 0 Å². The Hall–Kier alpha value is -0.770. The van der Waals surface area contributed by atoms with Crippen LogP contribution in [0.4, 0.5) is 0 Å². The van der Waals surface area contributed by atoms with Crippen molar-refractivity contribution in [2.75, 3.05) is 26.3 Å². The van der Waals surface area contributed by atoms with Crippen molar-refractivity contribution in [3.63, 3.8) is 0 Å². The predicted molar refractivity (Wildman–Crippen MR) is 63.2 cm³/mol. The molecule has 0 aliphatic heterocycles. The van der Waals surface area contributed by atoms with Crippen molar-refractivity contribution in [3.05, 3.63) is 0 Å². The molecule has 0 spiro atoms. The first-order valence-corrected chi connectivity index (χ1v) is 5.99. The molecule has 1 saturated carbocycles. The van der Waals surface area contributed by atoms with Crippen LogP contribution in [-0.4, -0.2) is 38.3 Å². The van der Waals surface area contributed by atoms with Gasteiger partial charge >= 0.3 is 0 Å². The molecule has 0 aromatic carbocycles. The molecule has 4 heteroatoms. The first kappa shape index (κ1) is 12.3. The molecular formula is C11H23N3O. The van der Waals surface area contributed by atoms with E-state index in [1.807, 2.05) is 6.92 Å². The van der Waals surface area contributed by atoms with Crippen LogP contribution >= 0.6 is 0 Å². The Kier molecular flexibility index (Phi) is 6.16. The van der Waals surface area contributed by atoms with Crippen LogP contribution in [-0.2, 0) is 4.74 Å². The van der Waals surface area contributed by atoms with Crippen molar-refractivity contribution in [1.29, 1.82) is 0 Å². The lowest BCUT2D eigenvalue weighted by atomic mass is 10.4. The van der Waals surface area contributed by atoms with Gasteiger partial charge < -0.3 is 15.4 Å². The molecule has 0 radical (unpaired) electrons. The zero-order valence-electron chi connectivity index (χ0n) is 9.88. The van der Waals surface area contributed by atoms with E-state index in [9.17, 15) is 0 Å². The summed E-state index contributed by atoms with van der Waals surface area (Å²) >= 11 is 0. The second-order valence-electron chi connectivity index (χ2n) is 3.73. The summed E-state index contributed by atoms with van der Waals surface area (Å²) in [6, 6.07) is 0.662. The van der Waals surface area contributed by atoms with Gasteiger partial charge in [-0.3, -0.25) is 4.99 Å². The first-order valence-electron chi connectivity index (χ1n) is 5.99. The van der Waals surface area contributed by atoms with E-state index < -0.39 is 0 Å². The molecule has 88 valence electrons. The standard InChI is InChI=1S/C11H23N3O/c1-3-12-11(14-10-6-7-10)13-8-5-9-15-4-2/h10H,3-9H2,1-2H3,(H2,12,13,14). The fourth-order valence-electron chi connectivity index (χ4n) is 1.24. The lowest BCUT2D eigenvalue weighted by molar-refractivity contribution is 0.146. The van der Waals surface area contributed by atoms with Crippen LogP contribution in [0.15, 0.2) is 4.99 Å². The summed E-state index contributed by atoms with van der Waals surface area (Å²) in [5, 5.41) is 6.62. The van der Waals surface area contributed by atoms with Gasteiger partial charge in [0.05, 0.1) is 0 Å². The molecule has 0 heterocycles. The van der Waals surface area contributed by atoms with Crippen molar-refractivity contribution in [2.45, 2.75) is 39.2 Å². The average Bonchev–Trinajstić information content (AvgIpc) is 3.01. The Morgan fingerprint density at radius 2 is 2.20 bits per heavy atom. The highest BCUT2D eigenvalue weighted by molar-refractivity contribution is 5.80. The monoisotopic (exact) mass is 213 g/mol. The van der Waals surface area contributed by atoms with E-state index in [1.54, 1.807) is 0 Å². The van der Waals surface area contributed by atoms with E-state index in [0.717, 1.165) is 38.7 Å². The molecule has 2 N–H and O–H groups in total. The fourth-order valence-corrected chi connectivity index (χ4v) is 1.24. The van der Waals surface area contributed by atoms with Gasteiger partial charge in [-0.1, -0.05) is 0 Å². The van der Waals surface area contributed by atoms with Crippen LogP contribution in [0, 0.1) is 0 Å². The van der Waals surface area contributed by atoms with Crippen LogP contribution < -0.4 is 10.6 Å². The van der Waals surface area contributed by atoms with Gasteiger partial charge in [-0.05, 0) is 33.1 Å². The highest BCUT2D eigenvalue weighted by Crippen LogP contribution is 2.18. The number of guanidine groups is 1. The van der Waals surface area contributed by atoms with Gasteiger partial charge in [-0.25, -0.2) is 0 Å². The molecule has 1 aliphatic carbocycles. The average molecular weight is 213 g/mol. The number of nitrogens with zero attached hydrogens (tertiary/aromatic N) is 1. The maximum Gasteiger partial charge on any atom is 0.191 e. The van der Waals surface area contributed by atoms with Crippen LogP contribution in [0.5, 0.6) is 0 Å². The molecule has 1 aliphatic rings. The largest absolute Gasteiger partial charge is 0.382 e. The lowest BCUT2D eigenvalue weighted by Crippen LogP contribution is -2.38. The predicted octanol–water partition coefficient (Wildman–Crippen LogP) is 1.13. The Labute approximate surface area is 92.5 Å². The molecule has 0 unspecified atom stereocenters. The molecule has 0 bridgehead atoms. The molecule has 0 aromatic rings. The molecule has 0 amide bonds. The van der Waals surface area contributed by atoms with E-state index in [0.29, 0.717) is 6.04 Å².